The van der Waals surface area contributed by atoms with Crippen molar-refractivity contribution in [3.8, 4) is 0 Å². The fraction of sp³-hybridized carbons (Fsp3) is 0.526. The quantitative estimate of drug-likeness (QED) is 0.548. The Hall–Kier alpha value is -2.52. The van der Waals surface area contributed by atoms with E-state index in [9.17, 15) is 29.0 Å². The summed E-state index contributed by atoms with van der Waals surface area (Å²) in [5, 5.41) is 25.5. The molecule has 28 heavy (non-hydrogen) atoms. The van der Waals surface area contributed by atoms with Gasteiger partial charge in [0, 0.05) is 25.1 Å². The topological polar surface area (TPSA) is 119 Å². The van der Waals surface area contributed by atoms with Crippen LogP contribution in [0, 0.1) is 12.7 Å². The lowest BCUT2D eigenvalue weighted by molar-refractivity contribution is -0.139. The van der Waals surface area contributed by atoms with Gasteiger partial charge in [-0.2, -0.15) is 0 Å². The Bertz CT molecular complexity index is 787. The van der Waals surface area contributed by atoms with Crippen molar-refractivity contribution in [3.05, 3.63) is 35.1 Å². The number of nitrogens with one attached hydrogen (secondary N) is 2. The number of rotatable bonds is 4. The SMILES string of the molecule is Cc1cc(C(=O)NC[C@@H]2[C@@H](O)[C@@H](O)CN2C(=O)[C@H]2CCCC(=O)N2)ccc1F. The van der Waals surface area contributed by atoms with E-state index in [1.807, 2.05) is 0 Å². The molecule has 0 aromatic heterocycles. The molecule has 0 aliphatic carbocycles. The van der Waals surface area contributed by atoms with Crippen molar-refractivity contribution in [1.82, 2.24) is 15.5 Å². The molecule has 2 aliphatic heterocycles. The Morgan fingerprint density at radius 2 is 2.11 bits per heavy atom. The normalized spacial score (nSPS) is 27.4. The van der Waals surface area contributed by atoms with Crippen molar-refractivity contribution in [3.63, 3.8) is 0 Å². The van der Waals surface area contributed by atoms with Gasteiger partial charge >= 0.3 is 0 Å². The number of aliphatic hydroxyl groups is 2. The van der Waals surface area contributed by atoms with Crippen LogP contribution in [-0.4, -0.2) is 70.2 Å². The van der Waals surface area contributed by atoms with E-state index in [0.29, 0.717) is 24.8 Å². The predicted octanol–water partition coefficient (Wildman–Crippen LogP) is -0.535. The molecule has 8 nitrogen and oxygen atoms in total. The van der Waals surface area contributed by atoms with E-state index in [1.165, 1.54) is 23.1 Å². The van der Waals surface area contributed by atoms with Crippen LogP contribution in [0.2, 0.25) is 0 Å². The Labute approximate surface area is 161 Å². The highest BCUT2D eigenvalue weighted by Gasteiger charge is 2.44. The minimum atomic E-state index is -1.22. The lowest BCUT2D eigenvalue weighted by Gasteiger charge is -2.31. The van der Waals surface area contributed by atoms with Crippen LogP contribution in [0.1, 0.15) is 35.2 Å². The van der Waals surface area contributed by atoms with Crippen molar-refractivity contribution >= 4 is 17.7 Å². The Morgan fingerprint density at radius 3 is 2.79 bits per heavy atom. The summed E-state index contributed by atoms with van der Waals surface area (Å²) in [6.45, 7) is 1.38. The third-order valence-electron chi connectivity index (χ3n) is 5.28. The van der Waals surface area contributed by atoms with Crippen LogP contribution in [0.5, 0.6) is 0 Å². The van der Waals surface area contributed by atoms with Crippen LogP contribution in [0.15, 0.2) is 18.2 Å². The van der Waals surface area contributed by atoms with E-state index < -0.39 is 36.0 Å². The number of amides is 3. The first-order valence-corrected chi connectivity index (χ1v) is 9.28. The molecule has 0 bridgehead atoms. The number of β-amino-alcohol motifs (C(OH)–C–C–N with tert-alkyl or cyclic N) is 1. The van der Waals surface area contributed by atoms with E-state index in [0.717, 1.165) is 0 Å². The average Bonchev–Trinajstić information content (AvgIpc) is 2.95. The van der Waals surface area contributed by atoms with Crippen molar-refractivity contribution in [1.29, 1.82) is 0 Å². The minimum Gasteiger partial charge on any atom is -0.388 e. The molecular weight excluding hydrogens is 369 g/mol. The van der Waals surface area contributed by atoms with Crippen LogP contribution in [-0.2, 0) is 9.59 Å². The molecule has 0 radical (unpaired) electrons. The maximum atomic E-state index is 13.4. The summed E-state index contributed by atoms with van der Waals surface area (Å²) >= 11 is 0. The third kappa shape index (κ3) is 4.15. The average molecular weight is 393 g/mol. The van der Waals surface area contributed by atoms with Crippen molar-refractivity contribution in [2.75, 3.05) is 13.1 Å². The molecule has 4 N–H and O–H groups in total. The molecule has 1 aromatic rings. The van der Waals surface area contributed by atoms with Crippen LogP contribution >= 0.6 is 0 Å². The first-order chi connectivity index (χ1) is 13.3. The lowest BCUT2D eigenvalue weighted by Crippen LogP contribution is -2.55. The van der Waals surface area contributed by atoms with Gasteiger partial charge in [-0.3, -0.25) is 14.4 Å². The van der Waals surface area contributed by atoms with E-state index >= 15 is 0 Å². The fourth-order valence-corrected chi connectivity index (χ4v) is 3.65. The van der Waals surface area contributed by atoms with Crippen molar-refractivity contribution in [2.45, 2.75) is 50.5 Å². The second-order valence-electron chi connectivity index (χ2n) is 7.30. The van der Waals surface area contributed by atoms with E-state index in [2.05, 4.69) is 10.6 Å². The number of likely N-dealkylation sites (tertiary alicyclic amines) is 1. The molecule has 4 atom stereocenters. The zero-order chi connectivity index (χ0) is 20.4. The van der Waals surface area contributed by atoms with E-state index in [-0.39, 0.29) is 30.5 Å². The molecule has 0 saturated carbocycles. The summed E-state index contributed by atoms with van der Waals surface area (Å²) in [6.07, 6.45) is -0.920. The fourth-order valence-electron chi connectivity index (χ4n) is 3.65. The minimum absolute atomic E-state index is 0.0808. The number of hydrogen-bond donors (Lipinski definition) is 4. The number of aryl methyl sites for hydroxylation is 1. The highest BCUT2D eigenvalue weighted by atomic mass is 19.1. The van der Waals surface area contributed by atoms with Gasteiger partial charge in [-0.05, 0) is 43.5 Å². The summed E-state index contributed by atoms with van der Waals surface area (Å²) < 4.78 is 13.4. The summed E-state index contributed by atoms with van der Waals surface area (Å²) in [6, 6.07) is 2.42. The smallest absolute Gasteiger partial charge is 0.251 e. The Kier molecular flexibility index (Phi) is 5.95. The number of nitrogens with zero attached hydrogens (tertiary/aromatic N) is 1. The Morgan fingerprint density at radius 1 is 1.36 bits per heavy atom. The molecule has 3 rings (SSSR count). The monoisotopic (exact) mass is 393 g/mol. The molecule has 2 heterocycles. The summed E-state index contributed by atoms with van der Waals surface area (Å²) in [5.41, 5.74) is 0.582. The lowest BCUT2D eigenvalue weighted by atomic mass is 10.0. The maximum absolute atomic E-state index is 13.4. The van der Waals surface area contributed by atoms with Gasteiger partial charge < -0.3 is 25.7 Å². The van der Waals surface area contributed by atoms with Gasteiger partial charge in [0.25, 0.3) is 5.91 Å². The van der Waals surface area contributed by atoms with Gasteiger partial charge in [-0.15, -0.1) is 0 Å². The molecule has 0 spiro atoms. The van der Waals surface area contributed by atoms with Gasteiger partial charge in [-0.25, -0.2) is 4.39 Å². The second-order valence-corrected chi connectivity index (χ2v) is 7.30. The zero-order valence-electron chi connectivity index (χ0n) is 15.5. The molecule has 2 saturated heterocycles. The van der Waals surface area contributed by atoms with E-state index in [1.54, 1.807) is 6.92 Å². The van der Waals surface area contributed by atoms with Gasteiger partial charge in [0.15, 0.2) is 0 Å². The molecule has 0 unspecified atom stereocenters. The largest absolute Gasteiger partial charge is 0.388 e. The molecule has 152 valence electrons. The third-order valence-corrected chi connectivity index (χ3v) is 5.28. The predicted molar refractivity (Wildman–Crippen MR) is 96.8 cm³/mol. The molecule has 2 aliphatic rings. The Balaban J connectivity index is 1.67. The van der Waals surface area contributed by atoms with Crippen LogP contribution < -0.4 is 10.6 Å². The highest BCUT2D eigenvalue weighted by molar-refractivity contribution is 5.94. The summed E-state index contributed by atoms with van der Waals surface area (Å²) in [7, 11) is 0. The van der Waals surface area contributed by atoms with Gasteiger partial charge in [0.2, 0.25) is 11.8 Å². The van der Waals surface area contributed by atoms with Crippen molar-refractivity contribution in [2.24, 2.45) is 0 Å². The number of carbonyl (C=O) groups is 3. The number of hydrogen-bond acceptors (Lipinski definition) is 5. The number of carbonyl (C=O) groups excluding carboxylic acids is 3. The summed E-state index contributed by atoms with van der Waals surface area (Å²) in [4.78, 5) is 38.0. The number of benzene rings is 1. The van der Waals surface area contributed by atoms with Crippen LogP contribution in [0.3, 0.4) is 0 Å². The van der Waals surface area contributed by atoms with Crippen LogP contribution in [0.4, 0.5) is 4.39 Å². The first-order valence-electron chi connectivity index (χ1n) is 9.28. The highest BCUT2D eigenvalue weighted by Crippen LogP contribution is 2.22. The van der Waals surface area contributed by atoms with Gasteiger partial charge in [0.1, 0.15) is 18.0 Å². The van der Waals surface area contributed by atoms with Crippen LogP contribution in [0.25, 0.3) is 0 Å². The maximum Gasteiger partial charge on any atom is 0.251 e. The van der Waals surface area contributed by atoms with Crippen molar-refractivity contribution < 1.29 is 29.0 Å². The van der Waals surface area contributed by atoms with E-state index in [4.69, 9.17) is 0 Å². The second kappa shape index (κ2) is 8.24. The molecular formula is C19H24FN3O5. The standard InChI is InChI=1S/C19H24FN3O5/c1-10-7-11(5-6-12(10)20)18(27)21-8-14-17(26)15(24)9-23(14)19(28)13-3-2-4-16(25)22-13/h5-7,13-15,17,24,26H,2-4,8-9H2,1H3,(H,21,27)(H,22,25)/t13-,14-,15+,17-/m1/s1. The first kappa shape index (κ1) is 20.2. The molecule has 1 aromatic carbocycles. The number of aliphatic hydroxyl groups excluding tert-OH is 2. The molecule has 2 fully saturated rings. The van der Waals surface area contributed by atoms with Gasteiger partial charge in [0.05, 0.1) is 12.1 Å². The number of piperidine rings is 1. The summed E-state index contributed by atoms with van der Waals surface area (Å²) in [5.74, 6) is -1.49. The zero-order valence-corrected chi connectivity index (χ0v) is 15.5. The molecule has 3 amide bonds. The molecule has 9 heteroatoms. The number of halogens is 1. The van der Waals surface area contributed by atoms with Gasteiger partial charge in [-0.1, -0.05) is 0 Å².